The van der Waals surface area contributed by atoms with Crippen LogP contribution in [0.1, 0.15) is 92.7 Å². The summed E-state index contributed by atoms with van der Waals surface area (Å²) in [6.45, 7) is 12.0. The highest BCUT2D eigenvalue weighted by atomic mass is 16.4. The van der Waals surface area contributed by atoms with Crippen LogP contribution in [0, 0.1) is 25.7 Å². The SMILES string of the molecule is CCc1c(O)[nH]c(/C=C2/NC(Cc3[nH]c(CC4NC(=O)[C@H](C)[C@H]4CC)c(C)c3CCC(=O)O)C(CCC(=O)O)=C2C)c1C. The van der Waals surface area contributed by atoms with Crippen LogP contribution < -0.4 is 10.6 Å². The van der Waals surface area contributed by atoms with E-state index in [4.69, 9.17) is 0 Å². The number of carboxylic acids is 2. The van der Waals surface area contributed by atoms with Gasteiger partial charge in [0, 0.05) is 66.0 Å². The largest absolute Gasteiger partial charge is 0.494 e. The Bertz CT molecular complexity index is 1460. The van der Waals surface area contributed by atoms with Crippen molar-refractivity contribution in [1.82, 2.24) is 20.6 Å². The van der Waals surface area contributed by atoms with Crippen molar-refractivity contribution >= 4 is 23.9 Å². The van der Waals surface area contributed by atoms with Crippen LogP contribution in [-0.4, -0.2) is 55.2 Å². The van der Waals surface area contributed by atoms with Crippen LogP contribution in [-0.2, 0) is 40.1 Å². The number of aromatic nitrogens is 2. The Morgan fingerprint density at radius 2 is 1.56 bits per heavy atom. The molecule has 2 aromatic heterocycles. The second kappa shape index (κ2) is 13.1. The normalized spacial score (nSPS) is 22.8. The lowest BCUT2D eigenvalue weighted by Gasteiger charge is -2.19. The van der Waals surface area contributed by atoms with Crippen molar-refractivity contribution in [3.05, 3.63) is 56.2 Å². The second-order valence-electron chi connectivity index (χ2n) is 12.1. The first-order chi connectivity index (χ1) is 20.4. The molecule has 1 saturated heterocycles. The van der Waals surface area contributed by atoms with E-state index in [-0.39, 0.29) is 48.5 Å². The Balaban J connectivity index is 1.68. The topological polar surface area (TPSA) is 168 Å². The highest BCUT2D eigenvalue weighted by Crippen LogP contribution is 2.35. The Morgan fingerprint density at radius 3 is 2.16 bits per heavy atom. The summed E-state index contributed by atoms with van der Waals surface area (Å²) in [5.74, 6) is -1.33. The van der Waals surface area contributed by atoms with E-state index in [0.717, 1.165) is 62.6 Å². The summed E-state index contributed by atoms with van der Waals surface area (Å²) >= 11 is 0. The van der Waals surface area contributed by atoms with Gasteiger partial charge in [-0.25, -0.2) is 0 Å². The van der Waals surface area contributed by atoms with Crippen molar-refractivity contribution in [2.45, 2.75) is 105 Å². The smallest absolute Gasteiger partial charge is 0.303 e. The monoisotopic (exact) mass is 594 g/mol. The molecule has 0 saturated carbocycles. The summed E-state index contributed by atoms with van der Waals surface area (Å²) in [5, 5.41) is 36.1. The molecule has 1 fully saturated rings. The number of carboxylic acid groups (broad SMARTS) is 2. The lowest BCUT2D eigenvalue weighted by molar-refractivity contribution is -0.138. The summed E-state index contributed by atoms with van der Waals surface area (Å²) in [7, 11) is 0. The van der Waals surface area contributed by atoms with Gasteiger partial charge in [0.1, 0.15) is 0 Å². The molecule has 7 N–H and O–H groups in total. The maximum Gasteiger partial charge on any atom is 0.303 e. The van der Waals surface area contributed by atoms with Crippen LogP contribution >= 0.6 is 0 Å². The molecule has 0 radical (unpaired) electrons. The van der Waals surface area contributed by atoms with Crippen molar-refractivity contribution < 1.29 is 29.7 Å². The van der Waals surface area contributed by atoms with Gasteiger partial charge >= 0.3 is 11.9 Å². The number of H-pyrrole nitrogens is 2. The molecule has 0 spiro atoms. The number of aromatic amines is 2. The van der Waals surface area contributed by atoms with E-state index in [1.165, 1.54) is 0 Å². The third kappa shape index (κ3) is 6.68. The van der Waals surface area contributed by atoms with E-state index in [1.807, 2.05) is 40.7 Å². The summed E-state index contributed by atoms with van der Waals surface area (Å²) in [5.41, 5.74) is 9.39. The van der Waals surface area contributed by atoms with Gasteiger partial charge in [-0.15, -0.1) is 0 Å². The molecule has 0 aromatic carbocycles. The minimum absolute atomic E-state index is 0.000716. The molecule has 2 unspecified atom stereocenters. The number of allylic oxidation sites excluding steroid dienone is 1. The van der Waals surface area contributed by atoms with Crippen LogP contribution in [0.5, 0.6) is 5.88 Å². The lowest BCUT2D eigenvalue weighted by Crippen LogP contribution is -2.31. The molecule has 4 rings (SSSR count). The van der Waals surface area contributed by atoms with Gasteiger partial charge in [-0.05, 0) is 79.9 Å². The molecule has 2 aliphatic rings. The van der Waals surface area contributed by atoms with Crippen LogP contribution in [0.3, 0.4) is 0 Å². The third-order valence-electron chi connectivity index (χ3n) is 9.65. The molecule has 234 valence electrons. The van der Waals surface area contributed by atoms with Gasteiger partial charge in [-0.2, -0.15) is 0 Å². The zero-order chi connectivity index (χ0) is 31.6. The van der Waals surface area contributed by atoms with Crippen LogP contribution in [0.25, 0.3) is 6.08 Å². The number of hydrogen-bond acceptors (Lipinski definition) is 5. The number of aliphatic carboxylic acids is 2. The molecule has 1 amide bonds. The van der Waals surface area contributed by atoms with E-state index < -0.39 is 11.9 Å². The summed E-state index contributed by atoms with van der Waals surface area (Å²) in [6, 6.07) is -0.185. The number of amides is 1. The number of hydrogen-bond donors (Lipinski definition) is 7. The molecule has 0 aliphatic carbocycles. The molecule has 10 nitrogen and oxygen atoms in total. The van der Waals surface area contributed by atoms with E-state index in [1.54, 1.807) is 0 Å². The maximum absolute atomic E-state index is 12.4. The van der Waals surface area contributed by atoms with Crippen molar-refractivity contribution in [3.63, 3.8) is 0 Å². The van der Waals surface area contributed by atoms with E-state index >= 15 is 0 Å². The Hall–Kier alpha value is -3.95. The predicted molar refractivity (Wildman–Crippen MR) is 165 cm³/mol. The van der Waals surface area contributed by atoms with Gasteiger partial charge in [0.2, 0.25) is 5.91 Å². The first-order valence-electron chi connectivity index (χ1n) is 15.4. The molecule has 43 heavy (non-hydrogen) atoms. The van der Waals surface area contributed by atoms with Gasteiger partial charge in [0.05, 0.1) is 6.04 Å². The number of aromatic hydroxyl groups is 1. The van der Waals surface area contributed by atoms with Crippen LogP contribution in [0.4, 0.5) is 0 Å². The minimum Gasteiger partial charge on any atom is -0.494 e. The van der Waals surface area contributed by atoms with Crippen molar-refractivity contribution in [2.75, 3.05) is 0 Å². The summed E-state index contributed by atoms with van der Waals surface area (Å²) in [4.78, 5) is 42.2. The van der Waals surface area contributed by atoms with E-state index in [9.17, 15) is 29.7 Å². The fourth-order valence-electron chi connectivity index (χ4n) is 7.04. The summed E-state index contributed by atoms with van der Waals surface area (Å²) < 4.78 is 0. The molecule has 4 atom stereocenters. The highest BCUT2D eigenvalue weighted by molar-refractivity contribution is 5.81. The van der Waals surface area contributed by atoms with Gasteiger partial charge in [0.25, 0.3) is 0 Å². The van der Waals surface area contributed by atoms with Crippen molar-refractivity contribution in [3.8, 4) is 5.88 Å². The number of carbonyl (C=O) groups excluding carboxylic acids is 1. The molecule has 4 heterocycles. The van der Waals surface area contributed by atoms with Crippen molar-refractivity contribution in [2.24, 2.45) is 11.8 Å². The maximum atomic E-state index is 12.4. The summed E-state index contributed by atoms with van der Waals surface area (Å²) in [6.07, 6.45) is 5.47. The molecule has 2 aliphatic heterocycles. The Labute approximate surface area is 253 Å². The quantitative estimate of drug-likeness (QED) is 0.177. The molecular weight excluding hydrogens is 548 g/mol. The molecular formula is C33H46N4O6. The second-order valence-corrected chi connectivity index (χ2v) is 12.1. The third-order valence-corrected chi connectivity index (χ3v) is 9.65. The van der Waals surface area contributed by atoms with E-state index in [0.29, 0.717) is 32.1 Å². The standard InChI is InChI=1S/C33H46N4O6/c1-7-20-19(6)32(42)37-27(20)14-25-18(5)23(10-12-31(40)41)29(35-25)15-28-22(9-11-30(38)39)17(4)24(34-28)13-26-16(3)21(8-2)33(43)36-26/h13,19-20,27-28,34-36,43H,7-12,14-15H2,1-6H3,(H,37,42)(H,38,39)(H,40,41)/b24-13+/t19-,20-,27?,28?/m1/s1. The van der Waals surface area contributed by atoms with Gasteiger partial charge in [0.15, 0.2) is 5.88 Å². The predicted octanol–water partition coefficient (Wildman–Crippen LogP) is 4.68. The van der Waals surface area contributed by atoms with Gasteiger partial charge in [-0.3, -0.25) is 14.4 Å². The van der Waals surface area contributed by atoms with Gasteiger partial charge in [-0.1, -0.05) is 27.2 Å². The molecule has 2 aromatic rings. The van der Waals surface area contributed by atoms with Crippen LogP contribution in [0.2, 0.25) is 0 Å². The fraction of sp³-hybridized carbons (Fsp3) is 0.545. The first-order valence-corrected chi connectivity index (χ1v) is 15.4. The zero-order valence-electron chi connectivity index (χ0n) is 26.1. The van der Waals surface area contributed by atoms with Gasteiger partial charge < -0.3 is 35.9 Å². The number of rotatable bonds is 13. The van der Waals surface area contributed by atoms with E-state index in [2.05, 4.69) is 27.5 Å². The lowest BCUT2D eigenvalue weighted by atomic mass is 9.86. The average molecular weight is 595 g/mol. The highest BCUT2D eigenvalue weighted by Gasteiger charge is 2.38. The van der Waals surface area contributed by atoms with Crippen LogP contribution in [0.15, 0.2) is 16.8 Å². The Morgan fingerprint density at radius 1 is 0.884 bits per heavy atom. The van der Waals surface area contributed by atoms with Crippen molar-refractivity contribution in [1.29, 1.82) is 0 Å². The first kappa shape index (κ1) is 32.0. The number of carbonyl (C=O) groups is 3. The minimum atomic E-state index is -0.868. The Kier molecular flexibility index (Phi) is 9.77. The molecule has 0 bridgehead atoms. The number of nitrogens with one attached hydrogen (secondary N) is 4. The zero-order valence-corrected chi connectivity index (χ0v) is 26.1. The average Bonchev–Trinajstić information content (AvgIpc) is 3.59. The fourth-order valence-corrected chi connectivity index (χ4v) is 7.04. The molecule has 10 heteroatoms.